The number of hydrogen-bond acceptors (Lipinski definition) is 2. The van der Waals surface area contributed by atoms with Crippen LogP contribution < -0.4 is 4.74 Å². The third-order valence-electron chi connectivity index (χ3n) is 3.00. The molecular weight excluding hydrogens is 304 g/mol. The van der Waals surface area contributed by atoms with Crippen molar-refractivity contribution >= 4 is 26.9 Å². The Balaban J connectivity index is 1.84. The minimum Gasteiger partial charge on any atom is -0.489 e. The van der Waals surface area contributed by atoms with Gasteiger partial charge in [-0.3, -0.25) is 0 Å². The molecule has 0 unspecified atom stereocenters. The van der Waals surface area contributed by atoms with Crippen LogP contribution in [0.1, 0.15) is 11.1 Å². The van der Waals surface area contributed by atoms with Crippen molar-refractivity contribution in [2.45, 2.75) is 13.5 Å². The van der Waals surface area contributed by atoms with Gasteiger partial charge in [0.1, 0.15) is 17.9 Å². The molecule has 19 heavy (non-hydrogen) atoms. The minimum atomic E-state index is 0.507. The maximum absolute atomic E-state index is 5.79. The van der Waals surface area contributed by atoms with Crippen LogP contribution in [-0.4, -0.2) is 0 Å². The summed E-state index contributed by atoms with van der Waals surface area (Å²) in [6, 6.07) is 14.0. The highest BCUT2D eigenvalue weighted by Crippen LogP contribution is 2.24. The van der Waals surface area contributed by atoms with Gasteiger partial charge in [0.25, 0.3) is 0 Å². The Hall–Kier alpha value is -1.74. The lowest BCUT2D eigenvalue weighted by Gasteiger charge is -2.05. The molecule has 96 valence electrons. The van der Waals surface area contributed by atoms with Crippen molar-refractivity contribution in [3.63, 3.8) is 0 Å². The predicted octanol–water partition coefficient (Wildman–Crippen LogP) is 5.08. The molecule has 1 aromatic heterocycles. The molecule has 3 rings (SSSR count). The van der Waals surface area contributed by atoms with Gasteiger partial charge in [0.2, 0.25) is 0 Å². The van der Waals surface area contributed by atoms with E-state index in [1.807, 2.05) is 36.4 Å². The number of furan rings is 1. The molecule has 0 radical (unpaired) electrons. The fourth-order valence-corrected chi connectivity index (χ4v) is 2.40. The summed E-state index contributed by atoms with van der Waals surface area (Å²) < 4.78 is 12.3. The molecule has 3 heteroatoms. The van der Waals surface area contributed by atoms with Crippen LogP contribution in [0.15, 0.2) is 57.6 Å². The first-order chi connectivity index (χ1) is 9.22. The Morgan fingerprint density at radius 2 is 2.05 bits per heavy atom. The maximum Gasteiger partial charge on any atom is 0.134 e. The predicted molar refractivity (Wildman–Crippen MR) is 79.4 cm³/mol. The highest BCUT2D eigenvalue weighted by atomic mass is 79.9. The monoisotopic (exact) mass is 316 g/mol. The summed E-state index contributed by atoms with van der Waals surface area (Å²) in [6.07, 6.45) is 1.77. The Kier molecular flexibility index (Phi) is 3.30. The lowest BCUT2D eigenvalue weighted by Crippen LogP contribution is -1.94. The van der Waals surface area contributed by atoms with E-state index in [1.165, 1.54) is 5.56 Å². The zero-order chi connectivity index (χ0) is 13.2. The molecule has 0 fully saturated rings. The normalized spacial score (nSPS) is 10.8. The van der Waals surface area contributed by atoms with E-state index in [4.69, 9.17) is 9.15 Å². The number of hydrogen-bond donors (Lipinski definition) is 0. The van der Waals surface area contributed by atoms with E-state index in [2.05, 4.69) is 28.9 Å². The molecule has 0 aliphatic carbocycles. The standard InChI is InChI=1S/C16H13BrO2/c1-11-5-6-16-15(7-11)12(10-19-16)9-18-14-4-2-3-13(17)8-14/h2-8,10H,9H2,1H3. The largest absolute Gasteiger partial charge is 0.489 e. The van der Waals surface area contributed by atoms with Crippen LogP contribution in [0.4, 0.5) is 0 Å². The van der Waals surface area contributed by atoms with Gasteiger partial charge in [0, 0.05) is 15.4 Å². The first-order valence-electron chi connectivity index (χ1n) is 6.07. The van der Waals surface area contributed by atoms with Gasteiger partial charge in [-0.05, 0) is 37.3 Å². The zero-order valence-corrected chi connectivity index (χ0v) is 12.1. The van der Waals surface area contributed by atoms with Gasteiger partial charge in [-0.1, -0.05) is 33.6 Å². The molecule has 2 aromatic carbocycles. The summed E-state index contributed by atoms with van der Waals surface area (Å²) in [4.78, 5) is 0. The number of benzene rings is 2. The molecule has 0 aliphatic rings. The lowest BCUT2D eigenvalue weighted by molar-refractivity contribution is 0.306. The van der Waals surface area contributed by atoms with Crippen LogP contribution in [0.2, 0.25) is 0 Å². The van der Waals surface area contributed by atoms with Crippen LogP contribution >= 0.6 is 15.9 Å². The second-order valence-corrected chi connectivity index (χ2v) is 5.42. The summed E-state index contributed by atoms with van der Waals surface area (Å²) in [5.41, 5.74) is 3.19. The topological polar surface area (TPSA) is 22.4 Å². The fraction of sp³-hybridized carbons (Fsp3) is 0.125. The second kappa shape index (κ2) is 5.10. The van der Waals surface area contributed by atoms with E-state index in [-0.39, 0.29) is 0 Å². The minimum absolute atomic E-state index is 0.507. The number of halogens is 1. The molecule has 0 saturated carbocycles. The van der Waals surface area contributed by atoms with Crippen LogP contribution in [0.5, 0.6) is 5.75 Å². The molecule has 2 nitrogen and oxygen atoms in total. The zero-order valence-electron chi connectivity index (χ0n) is 10.5. The third-order valence-corrected chi connectivity index (χ3v) is 3.49. The van der Waals surface area contributed by atoms with Gasteiger partial charge in [-0.15, -0.1) is 0 Å². The third kappa shape index (κ3) is 2.66. The highest BCUT2D eigenvalue weighted by Gasteiger charge is 2.06. The first-order valence-corrected chi connectivity index (χ1v) is 6.87. The van der Waals surface area contributed by atoms with Gasteiger partial charge in [0.15, 0.2) is 0 Å². The van der Waals surface area contributed by atoms with Crippen molar-refractivity contribution in [2.24, 2.45) is 0 Å². The molecule has 0 amide bonds. The number of fused-ring (bicyclic) bond motifs is 1. The second-order valence-electron chi connectivity index (χ2n) is 4.51. The quantitative estimate of drug-likeness (QED) is 0.672. The van der Waals surface area contributed by atoms with Crippen molar-refractivity contribution in [1.29, 1.82) is 0 Å². The Labute approximate surface area is 120 Å². The van der Waals surface area contributed by atoms with Gasteiger partial charge >= 0.3 is 0 Å². The molecule has 0 atom stereocenters. The highest BCUT2D eigenvalue weighted by molar-refractivity contribution is 9.10. The van der Waals surface area contributed by atoms with Gasteiger partial charge in [-0.2, -0.15) is 0 Å². The van der Waals surface area contributed by atoms with Crippen LogP contribution in [-0.2, 0) is 6.61 Å². The molecule has 0 aliphatic heterocycles. The molecule has 0 saturated heterocycles. The maximum atomic E-state index is 5.79. The molecule has 0 bridgehead atoms. The van der Waals surface area contributed by atoms with Gasteiger partial charge < -0.3 is 9.15 Å². The summed E-state index contributed by atoms with van der Waals surface area (Å²) in [7, 11) is 0. The van der Waals surface area contributed by atoms with Crippen LogP contribution in [0.3, 0.4) is 0 Å². The Morgan fingerprint density at radius 3 is 2.89 bits per heavy atom. The molecule has 0 N–H and O–H groups in total. The van der Waals surface area contributed by atoms with E-state index in [9.17, 15) is 0 Å². The smallest absolute Gasteiger partial charge is 0.134 e. The molecular formula is C16H13BrO2. The van der Waals surface area contributed by atoms with E-state index < -0.39 is 0 Å². The van der Waals surface area contributed by atoms with E-state index >= 15 is 0 Å². The van der Waals surface area contributed by atoms with Gasteiger partial charge in [0.05, 0.1) is 6.26 Å². The van der Waals surface area contributed by atoms with Crippen molar-refractivity contribution in [1.82, 2.24) is 0 Å². The molecule has 0 spiro atoms. The van der Waals surface area contributed by atoms with Crippen LogP contribution in [0, 0.1) is 6.92 Å². The Morgan fingerprint density at radius 1 is 1.16 bits per heavy atom. The van der Waals surface area contributed by atoms with E-state index in [0.29, 0.717) is 6.61 Å². The molecule has 3 aromatic rings. The van der Waals surface area contributed by atoms with Crippen molar-refractivity contribution in [3.05, 3.63) is 64.3 Å². The number of aryl methyl sites for hydroxylation is 1. The Bertz CT molecular complexity index is 716. The van der Waals surface area contributed by atoms with Crippen molar-refractivity contribution in [2.75, 3.05) is 0 Å². The fourth-order valence-electron chi connectivity index (χ4n) is 2.03. The summed E-state index contributed by atoms with van der Waals surface area (Å²) in [5, 5.41) is 1.12. The molecule has 1 heterocycles. The van der Waals surface area contributed by atoms with Crippen molar-refractivity contribution in [3.8, 4) is 5.75 Å². The average Bonchev–Trinajstić information content (AvgIpc) is 2.79. The number of ether oxygens (including phenoxy) is 1. The van der Waals surface area contributed by atoms with Gasteiger partial charge in [-0.25, -0.2) is 0 Å². The first kappa shape index (κ1) is 12.3. The number of rotatable bonds is 3. The SMILES string of the molecule is Cc1ccc2occ(COc3cccc(Br)c3)c2c1. The van der Waals surface area contributed by atoms with Crippen LogP contribution in [0.25, 0.3) is 11.0 Å². The summed E-state index contributed by atoms with van der Waals surface area (Å²) in [6.45, 7) is 2.58. The lowest BCUT2D eigenvalue weighted by atomic mass is 10.1. The van der Waals surface area contributed by atoms with Crippen molar-refractivity contribution < 1.29 is 9.15 Å². The summed E-state index contributed by atoms with van der Waals surface area (Å²) in [5.74, 6) is 0.844. The van der Waals surface area contributed by atoms with E-state index in [0.717, 1.165) is 26.8 Å². The summed E-state index contributed by atoms with van der Waals surface area (Å²) >= 11 is 3.43. The average molecular weight is 317 g/mol. The van der Waals surface area contributed by atoms with E-state index in [1.54, 1.807) is 6.26 Å².